The lowest BCUT2D eigenvalue weighted by molar-refractivity contribution is 0.506. The van der Waals surface area contributed by atoms with Crippen molar-refractivity contribution >= 4 is 9.84 Å². The SMILES string of the molecule is CCC(C)(C)c1ccc(S(=O)(=O)c2ccc(C(C)C)cc2)cc1. The molecule has 0 amide bonds. The zero-order valence-electron chi connectivity index (χ0n) is 14.6. The molecule has 3 heteroatoms. The monoisotopic (exact) mass is 330 g/mol. The van der Waals surface area contributed by atoms with Crippen molar-refractivity contribution in [2.24, 2.45) is 0 Å². The minimum Gasteiger partial charge on any atom is -0.219 e. The second-order valence-electron chi connectivity index (χ2n) is 6.99. The Morgan fingerprint density at radius 1 is 0.870 bits per heavy atom. The fourth-order valence-electron chi connectivity index (χ4n) is 2.46. The van der Waals surface area contributed by atoms with Crippen molar-refractivity contribution in [2.75, 3.05) is 0 Å². The summed E-state index contributed by atoms with van der Waals surface area (Å²) in [6.45, 7) is 10.7. The van der Waals surface area contributed by atoms with Crippen molar-refractivity contribution in [3.05, 3.63) is 59.7 Å². The largest absolute Gasteiger partial charge is 0.219 e. The minimum absolute atomic E-state index is 0.0568. The van der Waals surface area contributed by atoms with Gasteiger partial charge in [-0.05, 0) is 53.1 Å². The summed E-state index contributed by atoms with van der Waals surface area (Å²) in [5.74, 6) is 0.391. The third-order valence-corrected chi connectivity index (χ3v) is 6.47. The van der Waals surface area contributed by atoms with Crippen LogP contribution < -0.4 is 0 Å². The summed E-state index contributed by atoms with van der Waals surface area (Å²) >= 11 is 0. The molecule has 0 fully saturated rings. The Kier molecular flexibility index (Phi) is 5.00. The molecule has 0 aliphatic carbocycles. The standard InChI is InChI=1S/C20H26O2S/c1-6-20(4,5)17-9-13-19(14-10-17)23(21,22)18-11-7-16(8-12-18)15(2)3/h7-15H,6H2,1-5H3. The number of hydrogen-bond acceptors (Lipinski definition) is 2. The highest BCUT2D eigenvalue weighted by molar-refractivity contribution is 7.91. The van der Waals surface area contributed by atoms with Crippen LogP contribution in [0, 0.1) is 0 Å². The number of rotatable bonds is 5. The van der Waals surface area contributed by atoms with Gasteiger partial charge < -0.3 is 0 Å². The molecular formula is C20H26O2S. The molecule has 0 N–H and O–H groups in total. The first-order valence-corrected chi connectivity index (χ1v) is 9.62. The van der Waals surface area contributed by atoms with E-state index in [9.17, 15) is 8.42 Å². The van der Waals surface area contributed by atoms with Crippen LogP contribution in [-0.4, -0.2) is 8.42 Å². The Morgan fingerprint density at radius 3 is 1.70 bits per heavy atom. The van der Waals surface area contributed by atoms with E-state index >= 15 is 0 Å². The molecule has 2 aromatic rings. The Balaban J connectivity index is 2.36. The van der Waals surface area contributed by atoms with Crippen molar-refractivity contribution < 1.29 is 8.42 Å². The van der Waals surface area contributed by atoms with E-state index in [0.717, 1.165) is 17.5 Å². The van der Waals surface area contributed by atoms with E-state index in [2.05, 4.69) is 34.6 Å². The molecule has 2 rings (SSSR count). The third-order valence-electron chi connectivity index (χ3n) is 4.69. The summed E-state index contributed by atoms with van der Waals surface area (Å²) in [5.41, 5.74) is 2.36. The van der Waals surface area contributed by atoms with E-state index in [1.54, 1.807) is 24.3 Å². The van der Waals surface area contributed by atoms with Crippen LogP contribution in [-0.2, 0) is 15.3 Å². The van der Waals surface area contributed by atoms with Gasteiger partial charge in [-0.25, -0.2) is 8.42 Å². The van der Waals surface area contributed by atoms with Gasteiger partial charge in [0.05, 0.1) is 9.79 Å². The molecule has 0 saturated heterocycles. The molecule has 2 aromatic carbocycles. The van der Waals surface area contributed by atoms with Gasteiger partial charge in [-0.3, -0.25) is 0 Å². The van der Waals surface area contributed by atoms with E-state index in [4.69, 9.17) is 0 Å². The molecule has 2 nitrogen and oxygen atoms in total. The van der Waals surface area contributed by atoms with Crippen LogP contribution in [0.15, 0.2) is 58.3 Å². The highest BCUT2D eigenvalue weighted by Gasteiger charge is 2.21. The van der Waals surface area contributed by atoms with E-state index < -0.39 is 9.84 Å². The highest BCUT2D eigenvalue weighted by Crippen LogP contribution is 2.29. The van der Waals surface area contributed by atoms with Crippen molar-refractivity contribution in [1.29, 1.82) is 0 Å². The molecule has 23 heavy (non-hydrogen) atoms. The van der Waals surface area contributed by atoms with Gasteiger partial charge in [-0.15, -0.1) is 0 Å². The van der Waals surface area contributed by atoms with Gasteiger partial charge in [0.1, 0.15) is 0 Å². The van der Waals surface area contributed by atoms with Crippen LogP contribution in [0.25, 0.3) is 0 Å². The van der Waals surface area contributed by atoms with Crippen molar-refractivity contribution in [1.82, 2.24) is 0 Å². The van der Waals surface area contributed by atoms with Crippen LogP contribution in [0.3, 0.4) is 0 Å². The Labute approximate surface area is 140 Å². The van der Waals surface area contributed by atoms with E-state index in [1.807, 2.05) is 24.3 Å². The lowest BCUT2D eigenvalue weighted by Crippen LogP contribution is -2.15. The van der Waals surface area contributed by atoms with E-state index in [-0.39, 0.29) is 5.41 Å². The first-order valence-electron chi connectivity index (χ1n) is 8.14. The summed E-state index contributed by atoms with van der Waals surface area (Å²) in [5, 5.41) is 0. The first-order chi connectivity index (χ1) is 10.7. The lowest BCUT2D eigenvalue weighted by atomic mass is 9.82. The van der Waals surface area contributed by atoms with Gasteiger partial charge in [0, 0.05) is 0 Å². The average Bonchev–Trinajstić information content (AvgIpc) is 2.55. The summed E-state index contributed by atoms with van der Waals surface area (Å²) in [4.78, 5) is 0.704. The molecule has 0 unspecified atom stereocenters. The summed E-state index contributed by atoms with van der Waals surface area (Å²) in [6.07, 6.45) is 1.01. The predicted octanol–water partition coefficient (Wildman–Crippen LogP) is 5.33. The lowest BCUT2D eigenvalue weighted by Gasteiger charge is -2.23. The molecular weight excluding hydrogens is 304 g/mol. The van der Waals surface area contributed by atoms with Gasteiger partial charge in [-0.1, -0.05) is 58.9 Å². The fourth-order valence-corrected chi connectivity index (χ4v) is 3.72. The van der Waals surface area contributed by atoms with Gasteiger partial charge in [0.25, 0.3) is 0 Å². The van der Waals surface area contributed by atoms with Crippen LogP contribution in [0.5, 0.6) is 0 Å². The molecule has 0 aliphatic rings. The average molecular weight is 330 g/mol. The second kappa shape index (κ2) is 6.48. The Hall–Kier alpha value is -1.61. The molecule has 0 atom stereocenters. The normalized spacial score (nSPS) is 12.6. The van der Waals surface area contributed by atoms with E-state index in [1.165, 1.54) is 0 Å². The summed E-state index contributed by atoms with van der Waals surface area (Å²) < 4.78 is 25.5. The zero-order valence-corrected chi connectivity index (χ0v) is 15.4. The minimum atomic E-state index is -3.45. The van der Waals surface area contributed by atoms with Gasteiger partial charge in [0.2, 0.25) is 9.84 Å². The molecule has 0 aromatic heterocycles. The number of sulfone groups is 1. The van der Waals surface area contributed by atoms with Crippen LogP contribution in [0.1, 0.15) is 58.1 Å². The molecule has 0 spiro atoms. The van der Waals surface area contributed by atoms with Crippen molar-refractivity contribution in [3.8, 4) is 0 Å². The van der Waals surface area contributed by atoms with Crippen LogP contribution in [0.4, 0.5) is 0 Å². The molecule has 0 saturated carbocycles. The van der Waals surface area contributed by atoms with Crippen molar-refractivity contribution in [2.45, 2.75) is 62.2 Å². The number of benzene rings is 2. The van der Waals surface area contributed by atoms with Gasteiger partial charge >= 0.3 is 0 Å². The summed E-state index contributed by atoms with van der Waals surface area (Å²) in [6, 6.07) is 14.5. The first kappa shape index (κ1) is 17.7. The molecule has 0 heterocycles. The second-order valence-corrected chi connectivity index (χ2v) is 8.94. The summed E-state index contributed by atoms with van der Waals surface area (Å²) in [7, 11) is -3.45. The van der Waals surface area contributed by atoms with Crippen LogP contribution >= 0.6 is 0 Å². The topological polar surface area (TPSA) is 34.1 Å². The molecule has 0 bridgehead atoms. The van der Waals surface area contributed by atoms with Gasteiger partial charge in [-0.2, -0.15) is 0 Å². The zero-order chi connectivity index (χ0) is 17.3. The molecule has 124 valence electrons. The third kappa shape index (κ3) is 3.66. The highest BCUT2D eigenvalue weighted by atomic mass is 32.2. The smallest absolute Gasteiger partial charge is 0.206 e. The van der Waals surface area contributed by atoms with Crippen LogP contribution in [0.2, 0.25) is 0 Å². The quantitative estimate of drug-likeness (QED) is 0.742. The maximum absolute atomic E-state index is 12.7. The fraction of sp³-hybridized carbons (Fsp3) is 0.400. The predicted molar refractivity (Wildman–Crippen MR) is 95.7 cm³/mol. The molecule has 0 radical (unpaired) electrons. The number of hydrogen-bond donors (Lipinski definition) is 0. The maximum Gasteiger partial charge on any atom is 0.206 e. The van der Waals surface area contributed by atoms with E-state index in [0.29, 0.717) is 15.7 Å². The van der Waals surface area contributed by atoms with Gasteiger partial charge in [0.15, 0.2) is 0 Å². The molecule has 0 aliphatic heterocycles. The van der Waals surface area contributed by atoms with Crippen molar-refractivity contribution in [3.63, 3.8) is 0 Å². The Bertz CT molecular complexity index is 752. The Morgan fingerprint density at radius 2 is 1.30 bits per heavy atom. The maximum atomic E-state index is 12.7.